The SMILES string of the molecule is C[C@]12CCN(S(C)(=O)=O)CCC1CC[C@@H]1C2CC[C@]2(C)C(Cl)=C(C=O)C[C@@H]12. The lowest BCUT2D eigenvalue weighted by molar-refractivity contribution is -0.105. The minimum atomic E-state index is -3.12. The lowest BCUT2D eigenvalue weighted by Crippen LogP contribution is -2.51. The first-order valence-electron chi connectivity index (χ1n) is 10.4. The molecule has 4 rings (SSSR count). The van der Waals surface area contributed by atoms with Gasteiger partial charge in [-0.3, -0.25) is 4.79 Å². The summed E-state index contributed by atoms with van der Waals surface area (Å²) in [5.41, 5.74) is 0.979. The van der Waals surface area contributed by atoms with Gasteiger partial charge in [0.1, 0.15) is 6.29 Å². The summed E-state index contributed by atoms with van der Waals surface area (Å²) in [6, 6.07) is 0. The van der Waals surface area contributed by atoms with Gasteiger partial charge in [-0.1, -0.05) is 25.4 Å². The van der Waals surface area contributed by atoms with Crippen molar-refractivity contribution in [2.45, 2.75) is 58.8 Å². The zero-order valence-electron chi connectivity index (χ0n) is 16.7. The van der Waals surface area contributed by atoms with Crippen LogP contribution in [0.2, 0.25) is 0 Å². The van der Waals surface area contributed by atoms with Crippen LogP contribution in [-0.2, 0) is 14.8 Å². The quantitative estimate of drug-likeness (QED) is 0.637. The van der Waals surface area contributed by atoms with E-state index in [-0.39, 0.29) is 10.8 Å². The van der Waals surface area contributed by atoms with E-state index in [1.165, 1.54) is 19.1 Å². The number of hydrogen-bond donors (Lipinski definition) is 0. The number of halogens is 1. The summed E-state index contributed by atoms with van der Waals surface area (Å²) in [5.74, 6) is 2.28. The summed E-state index contributed by atoms with van der Waals surface area (Å²) in [4.78, 5) is 11.5. The van der Waals surface area contributed by atoms with Crippen molar-refractivity contribution in [2.75, 3.05) is 19.3 Å². The molecular formula is C21H32ClNO3S. The fourth-order valence-corrected chi connectivity index (χ4v) is 8.49. The Hall–Kier alpha value is -0.390. The Balaban J connectivity index is 1.62. The Labute approximate surface area is 168 Å². The average Bonchev–Trinajstić information content (AvgIpc) is 2.75. The molecule has 2 saturated carbocycles. The first-order valence-corrected chi connectivity index (χ1v) is 12.6. The molecule has 6 heteroatoms. The standard InChI is InChI=1S/C21H32ClNO3S/c1-20-9-11-23(27(3,25)26)10-7-15(20)4-5-16-17(20)6-8-21(2)18(16)12-14(13-24)19(21)22/h13,15-18H,4-12H2,1-3H3/t15?,16-,17?,18+,20+,21+/m1/s1. The highest BCUT2D eigenvalue weighted by molar-refractivity contribution is 7.88. The third-order valence-corrected chi connectivity index (χ3v) is 10.9. The predicted molar refractivity (Wildman–Crippen MR) is 108 cm³/mol. The zero-order chi connectivity index (χ0) is 19.6. The Bertz CT molecular complexity index is 778. The Morgan fingerprint density at radius 2 is 1.81 bits per heavy atom. The second-order valence-electron chi connectivity index (χ2n) is 9.97. The lowest BCUT2D eigenvalue weighted by Gasteiger charge is -2.58. The minimum Gasteiger partial charge on any atom is -0.298 e. The van der Waals surface area contributed by atoms with E-state index in [1.54, 1.807) is 4.31 Å². The van der Waals surface area contributed by atoms with Crippen LogP contribution < -0.4 is 0 Å². The van der Waals surface area contributed by atoms with Crippen molar-refractivity contribution in [3.8, 4) is 0 Å². The highest BCUT2D eigenvalue weighted by Gasteiger charge is 2.59. The summed E-state index contributed by atoms with van der Waals surface area (Å²) in [6.45, 7) is 6.00. The molecule has 1 saturated heterocycles. The van der Waals surface area contributed by atoms with Crippen LogP contribution in [0.1, 0.15) is 58.8 Å². The van der Waals surface area contributed by atoms with Gasteiger partial charge in [0.2, 0.25) is 10.0 Å². The normalized spacial score (nSPS) is 45.6. The van der Waals surface area contributed by atoms with Crippen molar-refractivity contribution in [3.05, 3.63) is 10.6 Å². The first kappa shape index (κ1) is 19.9. The van der Waals surface area contributed by atoms with E-state index in [0.29, 0.717) is 36.8 Å². The van der Waals surface area contributed by atoms with Gasteiger partial charge in [-0.05, 0) is 74.0 Å². The van der Waals surface area contributed by atoms with E-state index in [4.69, 9.17) is 11.6 Å². The fraction of sp³-hybridized carbons (Fsp3) is 0.857. The monoisotopic (exact) mass is 413 g/mol. The minimum absolute atomic E-state index is 0.0360. The van der Waals surface area contributed by atoms with Crippen LogP contribution in [0.3, 0.4) is 0 Å². The zero-order valence-corrected chi connectivity index (χ0v) is 18.3. The van der Waals surface area contributed by atoms with Gasteiger partial charge >= 0.3 is 0 Å². The fourth-order valence-electron chi connectivity index (χ4n) is 7.27. The van der Waals surface area contributed by atoms with E-state index in [0.717, 1.165) is 49.0 Å². The van der Waals surface area contributed by atoms with E-state index in [1.807, 2.05) is 0 Å². The summed E-state index contributed by atoms with van der Waals surface area (Å²) in [7, 11) is -3.12. The second kappa shape index (κ2) is 6.56. The smallest absolute Gasteiger partial charge is 0.211 e. The van der Waals surface area contributed by atoms with Crippen molar-refractivity contribution >= 4 is 27.9 Å². The van der Waals surface area contributed by atoms with Gasteiger partial charge in [-0.15, -0.1) is 0 Å². The Kier molecular flexibility index (Phi) is 4.84. The number of hydrogen-bond acceptors (Lipinski definition) is 3. The molecule has 2 unspecified atom stereocenters. The summed E-state index contributed by atoms with van der Waals surface area (Å²) in [6.07, 6.45) is 9.64. The van der Waals surface area contributed by atoms with E-state index in [2.05, 4.69) is 13.8 Å². The van der Waals surface area contributed by atoms with Crippen LogP contribution in [0.5, 0.6) is 0 Å². The molecule has 0 aromatic rings. The van der Waals surface area contributed by atoms with Crippen molar-refractivity contribution in [1.29, 1.82) is 0 Å². The molecule has 27 heavy (non-hydrogen) atoms. The molecule has 3 fully saturated rings. The number of rotatable bonds is 2. The Morgan fingerprint density at radius 3 is 2.48 bits per heavy atom. The maximum absolute atomic E-state index is 12.1. The molecule has 1 aliphatic heterocycles. The Morgan fingerprint density at radius 1 is 1.07 bits per heavy atom. The molecule has 3 aliphatic carbocycles. The van der Waals surface area contributed by atoms with E-state index < -0.39 is 10.0 Å². The average molecular weight is 414 g/mol. The topological polar surface area (TPSA) is 54.5 Å². The molecule has 0 amide bonds. The third-order valence-electron chi connectivity index (χ3n) is 8.92. The second-order valence-corrected chi connectivity index (χ2v) is 12.3. The number of nitrogens with zero attached hydrogens (tertiary/aromatic N) is 1. The number of allylic oxidation sites excluding steroid dienone is 2. The van der Waals surface area contributed by atoms with Crippen LogP contribution in [0.4, 0.5) is 0 Å². The number of carbonyl (C=O) groups excluding carboxylic acids is 1. The molecule has 4 nitrogen and oxygen atoms in total. The van der Waals surface area contributed by atoms with Crippen LogP contribution in [0, 0.1) is 34.5 Å². The molecule has 152 valence electrons. The summed E-state index contributed by atoms with van der Waals surface area (Å²) in [5, 5.41) is 0.817. The van der Waals surface area contributed by atoms with Crippen molar-refractivity contribution in [3.63, 3.8) is 0 Å². The molecule has 1 heterocycles. The van der Waals surface area contributed by atoms with Crippen molar-refractivity contribution in [1.82, 2.24) is 4.31 Å². The highest BCUT2D eigenvalue weighted by atomic mass is 35.5. The van der Waals surface area contributed by atoms with Crippen LogP contribution in [0.25, 0.3) is 0 Å². The van der Waals surface area contributed by atoms with Gasteiger partial charge in [-0.25, -0.2) is 12.7 Å². The van der Waals surface area contributed by atoms with E-state index >= 15 is 0 Å². The third kappa shape index (κ3) is 2.95. The number of sulfonamides is 1. The molecule has 6 atom stereocenters. The van der Waals surface area contributed by atoms with Gasteiger partial charge in [-0.2, -0.15) is 0 Å². The largest absolute Gasteiger partial charge is 0.298 e. The van der Waals surface area contributed by atoms with Crippen LogP contribution >= 0.6 is 11.6 Å². The molecule has 0 spiro atoms. The molecular weight excluding hydrogens is 382 g/mol. The summed E-state index contributed by atoms with van der Waals surface area (Å²) >= 11 is 6.67. The van der Waals surface area contributed by atoms with Crippen molar-refractivity contribution < 1.29 is 13.2 Å². The van der Waals surface area contributed by atoms with E-state index in [9.17, 15) is 13.2 Å². The molecule has 0 aromatic heterocycles. The van der Waals surface area contributed by atoms with Gasteiger partial charge in [0.15, 0.2) is 0 Å². The van der Waals surface area contributed by atoms with Crippen molar-refractivity contribution in [2.24, 2.45) is 34.5 Å². The first-order chi connectivity index (χ1) is 12.6. The maximum Gasteiger partial charge on any atom is 0.211 e. The molecule has 4 aliphatic rings. The van der Waals surface area contributed by atoms with Crippen LogP contribution in [0.15, 0.2) is 10.6 Å². The van der Waals surface area contributed by atoms with Gasteiger partial charge in [0, 0.05) is 29.1 Å². The molecule has 0 aromatic carbocycles. The summed E-state index contributed by atoms with van der Waals surface area (Å²) < 4.78 is 25.9. The molecule has 0 bridgehead atoms. The maximum atomic E-state index is 12.1. The highest BCUT2D eigenvalue weighted by Crippen LogP contribution is 2.66. The molecule has 0 N–H and O–H groups in total. The van der Waals surface area contributed by atoms with Gasteiger partial charge in [0.05, 0.1) is 6.26 Å². The lowest BCUT2D eigenvalue weighted by atomic mass is 9.47. The molecule has 0 radical (unpaired) electrons. The van der Waals surface area contributed by atoms with Crippen LogP contribution in [-0.4, -0.2) is 38.4 Å². The van der Waals surface area contributed by atoms with Gasteiger partial charge in [0.25, 0.3) is 0 Å². The number of carbonyl (C=O) groups is 1. The van der Waals surface area contributed by atoms with Gasteiger partial charge < -0.3 is 0 Å². The number of fused-ring (bicyclic) bond motifs is 5. The number of aldehydes is 1. The predicted octanol–water partition coefficient (Wildman–Crippen LogP) is 4.20.